The third kappa shape index (κ3) is 2.34. The molecule has 1 aliphatic heterocycles. The van der Waals surface area contributed by atoms with Gasteiger partial charge in [0.1, 0.15) is 18.4 Å². The van der Waals surface area contributed by atoms with Gasteiger partial charge in [-0.1, -0.05) is 13.0 Å². The van der Waals surface area contributed by atoms with Crippen LogP contribution >= 0.6 is 0 Å². The molecule has 0 spiro atoms. The van der Waals surface area contributed by atoms with Crippen molar-refractivity contribution in [3.63, 3.8) is 0 Å². The molecule has 1 N–H and O–H groups in total. The summed E-state index contributed by atoms with van der Waals surface area (Å²) < 4.78 is 10.9. The van der Waals surface area contributed by atoms with Crippen molar-refractivity contribution in [2.45, 2.75) is 32.4 Å². The van der Waals surface area contributed by atoms with Crippen molar-refractivity contribution in [1.82, 2.24) is 0 Å². The van der Waals surface area contributed by atoms with Crippen LogP contribution in [0, 0.1) is 6.92 Å². The molecule has 0 saturated heterocycles. The van der Waals surface area contributed by atoms with E-state index < -0.39 is 6.10 Å². The highest BCUT2D eigenvalue weighted by Crippen LogP contribution is 2.24. The van der Waals surface area contributed by atoms with Crippen LogP contribution < -0.4 is 4.74 Å². The Morgan fingerprint density at radius 3 is 3.00 bits per heavy atom. The largest absolute Gasteiger partial charge is 0.496 e. The molecular weight excluding hydrogens is 230 g/mol. The number of hydrogen-bond donors (Lipinski definition) is 1. The first-order valence-corrected chi connectivity index (χ1v) is 6.20. The van der Waals surface area contributed by atoms with E-state index in [0.717, 1.165) is 16.9 Å². The van der Waals surface area contributed by atoms with Crippen LogP contribution in [-0.4, -0.2) is 36.9 Å². The van der Waals surface area contributed by atoms with E-state index >= 15 is 0 Å². The highest BCUT2D eigenvalue weighted by Gasteiger charge is 2.26. The molecule has 1 heterocycles. The number of nitrogens with zero attached hydrogens (tertiary/aromatic N) is 1. The molecule has 0 unspecified atom stereocenters. The predicted molar refractivity (Wildman–Crippen MR) is 70.3 cm³/mol. The lowest BCUT2D eigenvalue weighted by molar-refractivity contribution is 0.125. The Labute approximate surface area is 107 Å². The minimum absolute atomic E-state index is 0.157. The van der Waals surface area contributed by atoms with Gasteiger partial charge < -0.3 is 14.6 Å². The third-order valence-electron chi connectivity index (χ3n) is 3.27. The molecule has 0 aliphatic carbocycles. The van der Waals surface area contributed by atoms with E-state index in [1.807, 2.05) is 32.0 Å². The Balaban J connectivity index is 2.28. The highest BCUT2D eigenvalue weighted by molar-refractivity contribution is 5.97. The molecule has 0 fully saturated rings. The topological polar surface area (TPSA) is 51.0 Å². The van der Waals surface area contributed by atoms with Gasteiger partial charge in [-0.05, 0) is 25.5 Å². The molecule has 0 aromatic heterocycles. The van der Waals surface area contributed by atoms with Crippen LogP contribution in [0.3, 0.4) is 0 Å². The van der Waals surface area contributed by atoms with E-state index in [1.54, 1.807) is 7.11 Å². The molecule has 4 heteroatoms. The smallest absolute Gasteiger partial charge is 0.217 e. The maximum Gasteiger partial charge on any atom is 0.217 e. The quantitative estimate of drug-likeness (QED) is 0.887. The van der Waals surface area contributed by atoms with Crippen LogP contribution in [0.1, 0.15) is 24.5 Å². The van der Waals surface area contributed by atoms with Gasteiger partial charge >= 0.3 is 0 Å². The summed E-state index contributed by atoms with van der Waals surface area (Å²) in [6.45, 7) is 4.36. The van der Waals surface area contributed by atoms with Crippen molar-refractivity contribution in [2.75, 3.05) is 13.7 Å². The Kier molecular flexibility index (Phi) is 3.87. The Morgan fingerprint density at radius 1 is 1.56 bits per heavy atom. The first kappa shape index (κ1) is 12.9. The summed E-state index contributed by atoms with van der Waals surface area (Å²) in [5.74, 6) is 1.42. The molecular formula is C14H19NO3. The summed E-state index contributed by atoms with van der Waals surface area (Å²) in [6, 6.07) is 5.62. The van der Waals surface area contributed by atoms with E-state index in [0.29, 0.717) is 18.9 Å². The van der Waals surface area contributed by atoms with Gasteiger partial charge in [-0.25, -0.2) is 4.99 Å². The van der Waals surface area contributed by atoms with Crippen molar-refractivity contribution in [2.24, 2.45) is 4.99 Å². The summed E-state index contributed by atoms with van der Waals surface area (Å²) in [5.41, 5.74) is 1.94. The van der Waals surface area contributed by atoms with Gasteiger partial charge in [0.25, 0.3) is 0 Å². The minimum atomic E-state index is -0.437. The van der Waals surface area contributed by atoms with Crippen LogP contribution in [0.2, 0.25) is 0 Å². The summed E-state index contributed by atoms with van der Waals surface area (Å²) in [4.78, 5) is 4.45. The number of hydrogen-bond acceptors (Lipinski definition) is 4. The normalized spacial score (nSPS) is 20.2. The third-order valence-corrected chi connectivity index (χ3v) is 3.27. The minimum Gasteiger partial charge on any atom is -0.496 e. The van der Waals surface area contributed by atoms with Crippen LogP contribution in [-0.2, 0) is 4.74 Å². The lowest BCUT2D eigenvalue weighted by Crippen LogP contribution is -2.24. The zero-order valence-electron chi connectivity index (χ0n) is 11.0. The number of rotatable bonds is 4. The Hall–Kier alpha value is -1.55. The number of aliphatic hydroxyl groups excluding tert-OH is 1. The molecule has 2 rings (SSSR count). The molecule has 18 heavy (non-hydrogen) atoms. The molecule has 1 aromatic rings. The maximum absolute atomic E-state index is 9.78. The fraction of sp³-hybridized carbons (Fsp3) is 0.500. The number of benzene rings is 1. The van der Waals surface area contributed by atoms with Gasteiger partial charge in [0.2, 0.25) is 5.90 Å². The van der Waals surface area contributed by atoms with Crippen molar-refractivity contribution in [3.8, 4) is 5.75 Å². The number of methoxy groups -OCH3 is 1. The van der Waals surface area contributed by atoms with Gasteiger partial charge in [-0.3, -0.25) is 0 Å². The monoisotopic (exact) mass is 249 g/mol. The zero-order valence-corrected chi connectivity index (χ0v) is 11.0. The second kappa shape index (κ2) is 5.40. The van der Waals surface area contributed by atoms with E-state index in [4.69, 9.17) is 9.47 Å². The first-order chi connectivity index (χ1) is 8.67. The number of aliphatic imine (C=N–C) groups is 1. The van der Waals surface area contributed by atoms with Crippen molar-refractivity contribution >= 4 is 5.90 Å². The van der Waals surface area contributed by atoms with Gasteiger partial charge in [0.05, 0.1) is 13.2 Å². The molecule has 0 saturated carbocycles. The number of aliphatic hydroxyl groups is 1. The lowest BCUT2D eigenvalue weighted by atomic mass is 10.1. The summed E-state index contributed by atoms with van der Waals surface area (Å²) in [5, 5.41) is 9.78. The number of ether oxygens (including phenoxy) is 2. The van der Waals surface area contributed by atoms with Crippen molar-refractivity contribution in [1.29, 1.82) is 0 Å². The maximum atomic E-state index is 9.78. The van der Waals surface area contributed by atoms with Gasteiger partial charge in [0, 0.05) is 11.1 Å². The average Bonchev–Trinajstić information content (AvgIpc) is 2.87. The van der Waals surface area contributed by atoms with E-state index in [-0.39, 0.29) is 6.04 Å². The van der Waals surface area contributed by atoms with Gasteiger partial charge in [0.15, 0.2) is 0 Å². The van der Waals surface area contributed by atoms with E-state index in [1.165, 1.54) is 0 Å². The lowest BCUT2D eigenvalue weighted by Gasteiger charge is -2.10. The van der Waals surface area contributed by atoms with E-state index in [9.17, 15) is 5.11 Å². The van der Waals surface area contributed by atoms with Gasteiger partial charge in [-0.2, -0.15) is 0 Å². The van der Waals surface area contributed by atoms with Crippen LogP contribution in [0.15, 0.2) is 23.2 Å². The second-order valence-corrected chi connectivity index (χ2v) is 4.42. The molecule has 0 amide bonds. The molecule has 1 aliphatic rings. The molecule has 1 aromatic carbocycles. The Bertz CT molecular complexity index is 456. The fourth-order valence-electron chi connectivity index (χ4n) is 2.07. The van der Waals surface area contributed by atoms with E-state index in [2.05, 4.69) is 4.99 Å². The molecule has 2 atom stereocenters. The predicted octanol–water partition coefficient (Wildman–Crippen LogP) is 1.92. The fourth-order valence-corrected chi connectivity index (χ4v) is 2.07. The summed E-state index contributed by atoms with van der Waals surface area (Å²) >= 11 is 0. The standard InChI is InChI=1S/C14H19NO3/c1-4-12(16)11-8-18-14(15-11)10-6-5-7-13(17-3)9(10)2/h5-7,11-12,16H,4,8H2,1-3H3/t11-,12+/m0/s1. The van der Waals surface area contributed by atoms with Gasteiger partial charge in [-0.15, -0.1) is 0 Å². The molecule has 98 valence electrons. The SMILES string of the molecule is CC[C@@H](O)[C@@H]1COC(c2cccc(OC)c2C)=N1. The molecule has 0 bridgehead atoms. The molecule has 0 radical (unpaired) electrons. The van der Waals surface area contributed by atoms with Crippen LogP contribution in [0.25, 0.3) is 0 Å². The van der Waals surface area contributed by atoms with Crippen LogP contribution in [0.4, 0.5) is 0 Å². The highest BCUT2D eigenvalue weighted by atomic mass is 16.5. The second-order valence-electron chi connectivity index (χ2n) is 4.42. The first-order valence-electron chi connectivity index (χ1n) is 6.20. The zero-order chi connectivity index (χ0) is 13.1. The average molecular weight is 249 g/mol. The van der Waals surface area contributed by atoms with Crippen molar-refractivity contribution < 1.29 is 14.6 Å². The van der Waals surface area contributed by atoms with Crippen molar-refractivity contribution in [3.05, 3.63) is 29.3 Å². The molecule has 4 nitrogen and oxygen atoms in total. The summed E-state index contributed by atoms with van der Waals surface area (Å²) in [7, 11) is 1.65. The summed E-state index contributed by atoms with van der Waals surface area (Å²) in [6.07, 6.45) is 0.246. The van der Waals surface area contributed by atoms with Crippen LogP contribution in [0.5, 0.6) is 5.75 Å². The Morgan fingerprint density at radius 2 is 2.33 bits per heavy atom.